The second kappa shape index (κ2) is 4.57. The third-order valence-corrected chi connectivity index (χ3v) is 2.85. The lowest BCUT2D eigenvalue weighted by Gasteiger charge is -2.33. The molecule has 90 valence electrons. The number of fused-ring (bicyclic) bond motifs is 1. The quantitative estimate of drug-likeness (QED) is 0.749. The Hall–Kier alpha value is -1.84. The number of amides is 1. The number of para-hydroxylation sites is 1. The van der Waals surface area contributed by atoms with Crippen LogP contribution in [0.5, 0.6) is 0 Å². The molecule has 0 spiro atoms. The number of carbonyl (C=O) groups excluding carboxylic acids is 2. The molecule has 1 aliphatic heterocycles. The van der Waals surface area contributed by atoms with Gasteiger partial charge in [0, 0.05) is 18.0 Å². The molecule has 0 saturated carbocycles. The lowest BCUT2D eigenvalue weighted by Crippen LogP contribution is -2.44. The van der Waals surface area contributed by atoms with E-state index in [1.165, 1.54) is 0 Å². The summed E-state index contributed by atoms with van der Waals surface area (Å²) in [6.45, 7) is 3.95. The van der Waals surface area contributed by atoms with Gasteiger partial charge >= 0.3 is 6.09 Å². The summed E-state index contributed by atoms with van der Waals surface area (Å²) in [6.07, 6.45) is -0.0459. The Bertz CT molecular complexity index is 456. The minimum absolute atomic E-state index is 0.0775. The molecule has 0 N–H and O–H groups in total. The van der Waals surface area contributed by atoms with Crippen molar-refractivity contribution < 1.29 is 14.3 Å². The minimum atomic E-state index is -0.389. The number of hydrogen-bond acceptors (Lipinski definition) is 3. The summed E-state index contributed by atoms with van der Waals surface area (Å²) in [6, 6.07) is 6.98. The molecule has 0 fully saturated rings. The molecule has 1 unspecified atom stereocenters. The molecule has 17 heavy (non-hydrogen) atoms. The first-order valence-electron chi connectivity index (χ1n) is 5.73. The standard InChI is InChI=1S/C13H15NO3/c1-3-17-13(16)14-9(2)8-12(15)10-6-4-5-7-11(10)14/h4-7,9H,3,8H2,1-2H3. The van der Waals surface area contributed by atoms with Crippen LogP contribution in [0.3, 0.4) is 0 Å². The van der Waals surface area contributed by atoms with Crippen molar-refractivity contribution in [1.29, 1.82) is 0 Å². The van der Waals surface area contributed by atoms with Crippen LogP contribution in [0.2, 0.25) is 0 Å². The van der Waals surface area contributed by atoms with E-state index in [9.17, 15) is 9.59 Å². The molecular weight excluding hydrogens is 218 g/mol. The zero-order valence-electron chi connectivity index (χ0n) is 9.97. The molecule has 1 aromatic carbocycles. The molecule has 0 saturated heterocycles. The smallest absolute Gasteiger partial charge is 0.414 e. The predicted molar refractivity (Wildman–Crippen MR) is 64.4 cm³/mol. The highest BCUT2D eigenvalue weighted by Crippen LogP contribution is 2.30. The summed E-state index contributed by atoms with van der Waals surface area (Å²) in [7, 11) is 0. The van der Waals surface area contributed by atoms with Crippen molar-refractivity contribution in [2.24, 2.45) is 0 Å². The van der Waals surface area contributed by atoms with Gasteiger partial charge in [-0.1, -0.05) is 12.1 Å². The number of carbonyl (C=O) groups is 2. The molecule has 1 aromatic rings. The van der Waals surface area contributed by atoms with Crippen LogP contribution in [-0.4, -0.2) is 24.5 Å². The first-order valence-corrected chi connectivity index (χ1v) is 5.73. The SMILES string of the molecule is CCOC(=O)N1c2ccccc2C(=O)CC1C. The fourth-order valence-electron chi connectivity index (χ4n) is 2.10. The van der Waals surface area contributed by atoms with Crippen molar-refractivity contribution in [3.05, 3.63) is 29.8 Å². The van der Waals surface area contributed by atoms with Gasteiger partial charge in [0.2, 0.25) is 0 Å². The number of nitrogens with zero attached hydrogens (tertiary/aromatic N) is 1. The maximum atomic E-state index is 11.9. The Morgan fingerprint density at radius 2 is 2.18 bits per heavy atom. The zero-order chi connectivity index (χ0) is 12.4. The number of rotatable bonds is 1. The first-order chi connectivity index (χ1) is 8.15. The Balaban J connectivity index is 2.42. The molecule has 0 radical (unpaired) electrons. The van der Waals surface area contributed by atoms with E-state index < -0.39 is 0 Å². The fraction of sp³-hybridized carbons (Fsp3) is 0.385. The molecule has 0 aliphatic carbocycles. The summed E-state index contributed by atoms with van der Waals surface area (Å²) in [4.78, 5) is 25.3. The van der Waals surface area contributed by atoms with Crippen LogP contribution < -0.4 is 4.90 Å². The van der Waals surface area contributed by atoms with Crippen molar-refractivity contribution in [2.75, 3.05) is 11.5 Å². The van der Waals surface area contributed by atoms with Crippen molar-refractivity contribution in [3.63, 3.8) is 0 Å². The molecule has 2 rings (SSSR count). The van der Waals surface area contributed by atoms with Gasteiger partial charge in [0.25, 0.3) is 0 Å². The Kier molecular flexibility index (Phi) is 3.13. The summed E-state index contributed by atoms with van der Waals surface area (Å²) in [5.41, 5.74) is 1.24. The van der Waals surface area contributed by atoms with E-state index in [0.717, 1.165) is 0 Å². The topological polar surface area (TPSA) is 46.6 Å². The number of hydrogen-bond donors (Lipinski definition) is 0. The molecule has 1 heterocycles. The van der Waals surface area contributed by atoms with Gasteiger partial charge in [-0.2, -0.15) is 0 Å². The number of ketones is 1. The summed E-state index contributed by atoms with van der Waals surface area (Å²) >= 11 is 0. The van der Waals surface area contributed by atoms with E-state index in [2.05, 4.69) is 0 Å². The van der Waals surface area contributed by atoms with Crippen LogP contribution in [0, 0.1) is 0 Å². The van der Waals surface area contributed by atoms with Gasteiger partial charge in [-0.05, 0) is 26.0 Å². The van der Waals surface area contributed by atoms with Crippen LogP contribution in [0.15, 0.2) is 24.3 Å². The molecule has 1 amide bonds. The fourth-order valence-corrected chi connectivity index (χ4v) is 2.10. The molecule has 0 bridgehead atoms. The molecule has 4 nitrogen and oxygen atoms in total. The Labute approximate surface area is 100 Å². The van der Waals surface area contributed by atoms with Crippen molar-refractivity contribution >= 4 is 17.6 Å². The number of benzene rings is 1. The average Bonchev–Trinajstić information content (AvgIpc) is 2.29. The second-order valence-corrected chi connectivity index (χ2v) is 4.06. The van der Waals surface area contributed by atoms with Crippen molar-refractivity contribution in [1.82, 2.24) is 0 Å². The maximum Gasteiger partial charge on any atom is 0.414 e. The summed E-state index contributed by atoms with van der Waals surface area (Å²) < 4.78 is 5.02. The van der Waals surface area contributed by atoms with E-state index in [1.807, 2.05) is 13.0 Å². The highest BCUT2D eigenvalue weighted by Gasteiger charge is 2.33. The third kappa shape index (κ3) is 2.02. The van der Waals surface area contributed by atoms with Crippen LogP contribution in [-0.2, 0) is 4.74 Å². The molecule has 1 atom stereocenters. The van der Waals surface area contributed by atoms with Crippen LogP contribution >= 0.6 is 0 Å². The van der Waals surface area contributed by atoms with Crippen LogP contribution in [0.1, 0.15) is 30.6 Å². The normalized spacial score (nSPS) is 18.8. The predicted octanol–water partition coefficient (Wildman–Crippen LogP) is 2.62. The van der Waals surface area contributed by atoms with Gasteiger partial charge in [0.1, 0.15) is 0 Å². The largest absolute Gasteiger partial charge is 0.449 e. The molecule has 1 aliphatic rings. The second-order valence-electron chi connectivity index (χ2n) is 4.06. The van der Waals surface area contributed by atoms with E-state index in [-0.39, 0.29) is 17.9 Å². The van der Waals surface area contributed by atoms with Gasteiger partial charge in [0.05, 0.1) is 12.3 Å². The zero-order valence-corrected chi connectivity index (χ0v) is 9.97. The lowest BCUT2D eigenvalue weighted by molar-refractivity contribution is 0.0966. The average molecular weight is 233 g/mol. The van der Waals surface area contributed by atoms with Crippen molar-refractivity contribution in [3.8, 4) is 0 Å². The Morgan fingerprint density at radius 1 is 1.47 bits per heavy atom. The lowest BCUT2D eigenvalue weighted by atomic mass is 9.96. The monoisotopic (exact) mass is 233 g/mol. The number of Topliss-reactive ketones (excluding diaryl/α,β-unsaturated/α-hetero) is 1. The highest BCUT2D eigenvalue weighted by atomic mass is 16.6. The molecular formula is C13H15NO3. The van der Waals surface area contributed by atoms with E-state index >= 15 is 0 Å². The minimum Gasteiger partial charge on any atom is -0.449 e. The van der Waals surface area contributed by atoms with E-state index in [0.29, 0.717) is 24.3 Å². The van der Waals surface area contributed by atoms with Crippen LogP contribution in [0.4, 0.5) is 10.5 Å². The summed E-state index contributed by atoms with van der Waals surface area (Å²) in [5.74, 6) is 0.0775. The summed E-state index contributed by atoms with van der Waals surface area (Å²) in [5, 5.41) is 0. The molecule has 0 aromatic heterocycles. The maximum absolute atomic E-state index is 11.9. The van der Waals surface area contributed by atoms with Gasteiger partial charge in [-0.25, -0.2) is 4.79 Å². The number of ether oxygens (including phenoxy) is 1. The number of anilines is 1. The third-order valence-electron chi connectivity index (χ3n) is 2.85. The van der Waals surface area contributed by atoms with Crippen molar-refractivity contribution in [2.45, 2.75) is 26.3 Å². The molecule has 4 heteroatoms. The van der Waals surface area contributed by atoms with Crippen LogP contribution in [0.25, 0.3) is 0 Å². The Morgan fingerprint density at radius 3 is 2.88 bits per heavy atom. The first kappa shape index (κ1) is 11.6. The highest BCUT2D eigenvalue weighted by molar-refractivity contribution is 6.08. The van der Waals surface area contributed by atoms with E-state index in [1.54, 1.807) is 30.0 Å². The van der Waals surface area contributed by atoms with Gasteiger partial charge < -0.3 is 4.74 Å². The van der Waals surface area contributed by atoms with Gasteiger partial charge in [-0.15, -0.1) is 0 Å². The van der Waals surface area contributed by atoms with Gasteiger partial charge in [0.15, 0.2) is 5.78 Å². The van der Waals surface area contributed by atoms with Gasteiger partial charge in [-0.3, -0.25) is 9.69 Å². The van der Waals surface area contributed by atoms with E-state index in [4.69, 9.17) is 4.74 Å².